The first-order valence-corrected chi connectivity index (χ1v) is 6.12. The molecule has 0 aliphatic carbocycles. The fourth-order valence-electron chi connectivity index (χ4n) is 1.77. The second-order valence-corrected chi connectivity index (χ2v) is 5.39. The highest BCUT2D eigenvalue weighted by Gasteiger charge is 2.24. The van der Waals surface area contributed by atoms with Gasteiger partial charge in [-0.15, -0.1) is 0 Å². The van der Waals surface area contributed by atoms with Gasteiger partial charge in [-0.1, -0.05) is 0 Å². The lowest BCUT2D eigenvalue weighted by molar-refractivity contribution is -0.0182. The number of carbonyl (C=O) groups excluding carboxylic acids is 1. The zero-order valence-corrected chi connectivity index (χ0v) is 10.9. The summed E-state index contributed by atoms with van der Waals surface area (Å²) >= 11 is 0. The zero-order chi connectivity index (χ0) is 12.9. The average Bonchev–Trinajstić information content (AvgIpc) is 2.18. The van der Waals surface area contributed by atoms with Crippen LogP contribution in [0.4, 0.5) is 4.79 Å². The van der Waals surface area contributed by atoms with Gasteiger partial charge in [0.25, 0.3) is 0 Å². The topological polar surface area (TPSA) is 67.8 Å². The third-order valence-electron chi connectivity index (χ3n) is 2.54. The Balaban J connectivity index is 2.24. The molecular formula is C12H23NO4. The molecule has 0 bridgehead atoms. The van der Waals surface area contributed by atoms with E-state index in [0.29, 0.717) is 13.0 Å². The highest BCUT2D eigenvalue weighted by atomic mass is 16.6. The first kappa shape index (κ1) is 14.3. The van der Waals surface area contributed by atoms with Crippen LogP contribution >= 0.6 is 0 Å². The summed E-state index contributed by atoms with van der Waals surface area (Å²) in [7, 11) is 0. The van der Waals surface area contributed by atoms with Crippen molar-refractivity contribution in [2.24, 2.45) is 0 Å². The average molecular weight is 245 g/mol. The predicted molar refractivity (Wildman–Crippen MR) is 63.8 cm³/mol. The molecule has 100 valence electrons. The maximum absolute atomic E-state index is 11.5. The minimum atomic E-state index is -0.473. The molecule has 1 rings (SSSR count). The van der Waals surface area contributed by atoms with Gasteiger partial charge in [0, 0.05) is 6.61 Å². The van der Waals surface area contributed by atoms with Crippen molar-refractivity contribution < 1.29 is 19.4 Å². The summed E-state index contributed by atoms with van der Waals surface area (Å²) in [6.07, 6.45) is 2.12. The van der Waals surface area contributed by atoms with Crippen molar-refractivity contribution in [1.82, 2.24) is 5.32 Å². The lowest BCUT2D eigenvalue weighted by Crippen LogP contribution is -2.45. The number of hydrogen-bond donors (Lipinski definition) is 2. The number of aliphatic hydroxyl groups excluding tert-OH is 1. The van der Waals surface area contributed by atoms with Crippen LogP contribution in [0.5, 0.6) is 0 Å². The Labute approximate surface area is 102 Å². The summed E-state index contributed by atoms with van der Waals surface area (Å²) in [5.41, 5.74) is -0.473. The second kappa shape index (κ2) is 6.21. The summed E-state index contributed by atoms with van der Waals surface area (Å²) in [4.78, 5) is 11.5. The first-order chi connectivity index (χ1) is 7.90. The molecule has 1 saturated heterocycles. The Kier molecular flexibility index (Phi) is 5.21. The van der Waals surface area contributed by atoms with Crippen LogP contribution in [-0.2, 0) is 9.47 Å². The van der Waals surface area contributed by atoms with E-state index in [2.05, 4.69) is 5.32 Å². The van der Waals surface area contributed by atoms with Gasteiger partial charge in [0.1, 0.15) is 5.60 Å². The minimum absolute atomic E-state index is 0.0137. The van der Waals surface area contributed by atoms with Crippen molar-refractivity contribution in [3.8, 4) is 0 Å². The van der Waals surface area contributed by atoms with Crippen molar-refractivity contribution in [2.45, 2.75) is 57.8 Å². The molecule has 0 spiro atoms. The van der Waals surface area contributed by atoms with Gasteiger partial charge >= 0.3 is 6.09 Å². The van der Waals surface area contributed by atoms with Crippen molar-refractivity contribution in [2.75, 3.05) is 13.2 Å². The van der Waals surface area contributed by atoms with E-state index in [0.717, 1.165) is 12.8 Å². The van der Waals surface area contributed by atoms with Crippen molar-refractivity contribution >= 4 is 6.09 Å². The van der Waals surface area contributed by atoms with E-state index in [1.54, 1.807) is 0 Å². The van der Waals surface area contributed by atoms with Crippen LogP contribution in [0.2, 0.25) is 0 Å². The number of aliphatic hydroxyl groups is 1. The molecule has 0 saturated carbocycles. The molecule has 1 aliphatic rings. The van der Waals surface area contributed by atoms with E-state index < -0.39 is 11.7 Å². The maximum atomic E-state index is 11.5. The highest BCUT2D eigenvalue weighted by Crippen LogP contribution is 2.16. The van der Waals surface area contributed by atoms with Crippen LogP contribution in [0.3, 0.4) is 0 Å². The fraction of sp³-hybridized carbons (Fsp3) is 0.917. The summed E-state index contributed by atoms with van der Waals surface area (Å²) in [5.74, 6) is 0. The summed E-state index contributed by atoms with van der Waals surface area (Å²) in [6, 6.07) is 0.0137. The van der Waals surface area contributed by atoms with E-state index in [9.17, 15) is 4.79 Å². The van der Waals surface area contributed by atoms with Crippen molar-refractivity contribution in [3.05, 3.63) is 0 Å². The second-order valence-electron chi connectivity index (χ2n) is 5.39. The number of ether oxygens (including phenoxy) is 2. The summed E-state index contributed by atoms with van der Waals surface area (Å²) < 4.78 is 10.7. The molecule has 1 amide bonds. The monoisotopic (exact) mass is 245 g/mol. The quantitative estimate of drug-likeness (QED) is 0.789. The standard InChI is InChI=1S/C12H23NO4/c1-12(2,3)17-11(15)13-9-4-5-10(6-7-14)16-8-9/h9-10,14H,4-8H2,1-3H3,(H,13,15)/t9-,10+/m1/s1. The van der Waals surface area contributed by atoms with Crippen LogP contribution in [0.25, 0.3) is 0 Å². The molecule has 0 aromatic heterocycles. The molecule has 2 atom stereocenters. The molecule has 17 heavy (non-hydrogen) atoms. The predicted octanol–water partition coefficient (Wildman–Crippen LogP) is 1.44. The number of amides is 1. The summed E-state index contributed by atoms with van der Waals surface area (Å²) in [5, 5.41) is 11.6. The van der Waals surface area contributed by atoms with E-state index >= 15 is 0 Å². The van der Waals surface area contributed by atoms with Gasteiger partial charge in [-0.05, 0) is 40.0 Å². The molecule has 1 fully saturated rings. The van der Waals surface area contributed by atoms with Gasteiger partial charge in [0.2, 0.25) is 0 Å². The largest absolute Gasteiger partial charge is 0.444 e. The molecule has 1 heterocycles. The van der Waals surface area contributed by atoms with Gasteiger partial charge in [-0.2, -0.15) is 0 Å². The van der Waals surface area contributed by atoms with Gasteiger partial charge in [-0.3, -0.25) is 0 Å². The number of hydrogen-bond acceptors (Lipinski definition) is 4. The normalized spacial score (nSPS) is 25.4. The van der Waals surface area contributed by atoms with Gasteiger partial charge in [0.15, 0.2) is 0 Å². The molecule has 0 aromatic carbocycles. The Morgan fingerprint density at radius 3 is 2.65 bits per heavy atom. The first-order valence-electron chi connectivity index (χ1n) is 6.12. The molecule has 5 heteroatoms. The molecule has 0 aromatic rings. The third-order valence-corrected chi connectivity index (χ3v) is 2.54. The SMILES string of the molecule is CC(C)(C)OC(=O)N[C@@H]1CC[C@@H](CCO)OC1. The fourth-order valence-corrected chi connectivity index (χ4v) is 1.77. The Bertz CT molecular complexity index is 241. The van der Waals surface area contributed by atoms with Gasteiger partial charge in [-0.25, -0.2) is 4.79 Å². The third kappa shape index (κ3) is 5.89. The molecular weight excluding hydrogens is 222 g/mol. The molecule has 0 unspecified atom stereocenters. The van der Waals surface area contributed by atoms with Crippen LogP contribution in [0, 0.1) is 0 Å². The van der Waals surface area contributed by atoms with E-state index in [1.807, 2.05) is 20.8 Å². The van der Waals surface area contributed by atoms with Gasteiger partial charge < -0.3 is 19.9 Å². The van der Waals surface area contributed by atoms with E-state index in [4.69, 9.17) is 14.6 Å². The lowest BCUT2D eigenvalue weighted by Gasteiger charge is -2.30. The van der Waals surface area contributed by atoms with Crippen LogP contribution in [0.15, 0.2) is 0 Å². The zero-order valence-electron chi connectivity index (χ0n) is 10.9. The van der Waals surface area contributed by atoms with Crippen molar-refractivity contribution in [3.63, 3.8) is 0 Å². The molecule has 2 N–H and O–H groups in total. The van der Waals surface area contributed by atoms with E-state index in [1.165, 1.54) is 0 Å². The maximum Gasteiger partial charge on any atom is 0.407 e. The minimum Gasteiger partial charge on any atom is -0.444 e. The number of nitrogens with one attached hydrogen (secondary N) is 1. The number of alkyl carbamates (subject to hydrolysis) is 1. The highest BCUT2D eigenvalue weighted by molar-refractivity contribution is 5.68. The van der Waals surface area contributed by atoms with Crippen molar-refractivity contribution in [1.29, 1.82) is 0 Å². The molecule has 5 nitrogen and oxygen atoms in total. The summed E-state index contributed by atoms with van der Waals surface area (Å²) in [6.45, 7) is 6.14. The Hall–Kier alpha value is -0.810. The number of carbonyl (C=O) groups is 1. The number of rotatable bonds is 3. The van der Waals surface area contributed by atoms with Gasteiger partial charge in [0.05, 0.1) is 18.8 Å². The lowest BCUT2D eigenvalue weighted by atomic mass is 10.0. The molecule has 1 aliphatic heterocycles. The van der Waals surface area contributed by atoms with Crippen LogP contribution in [0.1, 0.15) is 40.0 Å². The Morgan fingerprint density at radius 2 is 2.18 bits per heavy atom. The van der Waals surface area contributed by atoms with Crippen LogP contribution < -0.4 is 5.32 Å². The van der Waals surface area contributed by atoms with Crippen LogP contribution in [-0.4, -0.2) is 42.2 Å². The van der Waals surface area contributed by atoms with E-state index in [-0.39, 0.29) is 18.8 Å². The smallest absolute Gasteiger partial charge is 0.407 e. The Morgan fingerprint density at radius 1 is 1.47 bits per heavy atom. The molecule has 0 radical (unpaired) electrons.